The lowest BCUT2D eigenvalue weighted by Gasteiger charge is -2.02. The van der Waals surface area contributed by atoms with Crippen molar-refractivity contribution in [1.82, 2.24) is 30.0 Å². The molecule has 6 nitrogen and oxygen atoms in total. The van der Waals surface area contributed by atoms with Crippen LogP contribution in [-0.2, 0) is 0 Å². The van der Waals surface area contributed by atoms with Crippen LogP contribution in [-0.4, -0.2) is 30.0 Å². The second-order valence-electron chi connectivity index (χ2n) is 3.18. The number of benzene rings is 1. The summed E-state index contributed by atoms with van der Waals surface area (Å²) >= 11 is 0. The van der Waals surface area contributed by atoms with Gasteiger partial charge in [0.15, 0.2) is 0 Å². The maximum Gasteiger partial charge on any atom is 0.275 e. The van der Waals surface area contributed by atoms with E-state index in [0.29, 0.717) is 5.95 Å². The quantitative estimate of drug-likeness (QED) is 0.631. The van der Waals surface area contributed by atoms with Crippen molar-refractivity contribution < 1.29 is 0 Å². The van der Waals surface area contributed by atoms with Crippen LogP contribution in [0.15, 0.2) is 48.8 Å². The lowest BCUT2D eigenvalue weighted by molar-refractivity contribution is 0.741. The minimum absolute atomic E-state index is 0.566. The van der Waals surface area contributed by atoms with E-state index in [0.717, 1.165) is 5.69 Å². The molecule has 0 atom stereocenters. The van der Waals surface area contributed by atoms with E-state index < -0.39 is 0 Å². The summed E-state index contributed by atoms with van der Waals surface area (Å²) in [6, 6.07) is 11.5. The Hall–Kier alpha value is -2.50. The predicted octanol–water partition coefficient (Wildman–Crippen LogP) is 0.848. The molecule has 0 fully saturated rings. The van der Waals surface area contributed by atoms with E-state index in [4.69, 9.17) is 0 Å². The number of tetrazole rings is 1. The van der Waals surface area contributed by atoms with E-state index >= 15 is 0 Å². The summed E-state index contributed by atoms with van der Waals surface area (Å²) in [5.41, 5.74) is 0.901. The molecular formula is C10H8N6. The number of para-hydroxylation sites is 1. The highest BCUT2D eigenvalue weighted by Gasteiger charge is 2.09. The van der Waals surface area contributed by atoms with E-state index in [9.17, 15) is 0 Å². The molecule has 0 aliphatic rings. The molecule has 16 heavy (non-hydrogen) atoms. The third-order valence-corrected chi connectivity index (χ3v) is 2.16. The zero-order valence-electron chi connectivity index (χ0n) is 8.30. The molecule has 1 aromatic carbocycles. The largest absolute Gasteiger partial charge is 0.275 e. The Morgan fingerprint density at radius 1 is 1.00 bits per heavy atom. The van der Waals surface area contributed by atoms with Gasteiger partial charge >= 0.3 is 0 Å². The van der Waals surface area contributed by atoms with Gasteiger partial charge in [-0.1, -0.05) is 23.3 Å². The average molecular weight is 212 g/mol. The number of hydrogen-bond donors (Lipinski definition) is 0. The van der Waals surface area contributed by atoms with Gasteiger partial charge < -0.3 is 0 Å². The van der Waals surface area contributed by atoms with Gasteiger partial charge in [-0.05, 0) is 28.6 Å². The van der Waals surface area contributed by atoms with Gasteiger partial charge in [-0.25, -0.2) is 4.68 Å². The molecule has 0 bridgehead atoms. The Morgan fingerprint density at radius 3 is 2.62 bits per heavy atom. The maximum absolute atomic E-state index is 4.10. The molecular weight excluding hydrogens is 204 g/mol. The number of aromatic nitrogens is 6. The summed E-state index contributed by atoms with van der Waals surface area (Å²) in [4.78, 5) is 0. The van der Waals surface area contributed by atoms with Gasteiger partial charge in [0.1, 0.15) is 0 Å². The minimum atomic E-state index is 0.566. The van der Waals surface area contributed by atoms with Gasteiger partial charge in [-0.3, -0.25) is 0 Å². The lowest BCUT2D eigenvalue weighted by atomic mass is 10.3. The van der Waals surface area contributed by atoms with Crippen LogP contribution in [0.1, 0.15) is 0 Å². The molecule has 0 saturated heterocycles. The number of rotatable bonds is 2. The van der Waals surface area contributed by atoms with Crippen LogP contribution in [0.3, 0.4) is 0 Å². The second kappa shape index (κ2) is 3.58. The van der Waals surface area contributed by atoms with Crippen LogP contribution in [0.2, 0.25) is 0 Å². The third-order valence-electron chi connectivity index (χ3n) is 2.16. The zero-order valence-corrected chi connectivity index (χ0v) is 8.30. The summed E-state index contributed by atoms with van der Waals surface area (Å²) in [5, 5.41) is 15.6. The lowest BCUT2D eigenvalue weighted by Crippen LogP contribution is -2.06. The molecule has 0 spiro atoms. The molecule has 2 aromatic heterocycles. The molecule has 2 heterocycles. The fourth-order valence-corrected chi connectivity index (χ4v) is 1.45. The average Bonchev–Trinajstić information content (AvgIpc) is 3.01. The molecule has 0 radical (unpaired) electrons. The highest BCUT2D eigenvalue weighted by atomic mass is 15.6. The topological polar surface area (TPSA) is 61.4 Å². The molecule has 0 N–H and O–H groups in total. The summed E-state index contributed by atoms with van der Waals surface area (Å²) < 4.78 is 3.25. The first-order valence-corrected chi connectivity index (χ1v) is 4.79. The van der Waals surface area contributed by atoms with Crippen molar-refractivity contribution in [3.05, 3.63) is 48.8 Å². The van der Waals surface area contributed by atoms with E-state index in [1.54, 1.807) is 21.8 Å². The predicted molar refractivity (Wildman–Crippen MR) is 56.3 cm³/mol. The van der Waals surface area contributed by atoms with Crippen molar-refractivity contribution in [1.29, 1.82) is 0 Å². The summed E-state index contributed by atoms with van der Waals surface area (Å²) in [5.74, 6) is 0.566. The zero-order chi connectivity index (χ0) is 10.8. The summed E-state index contributed by atoms with van der Waals surface area (Å²) in [6.07, 6.45) is 3.48. The molecule has 6 heteroatoms. The molecule has 0 unspecified atom stereocenters. The number of nitrogens with zero attached hydrogens (tertiary/aromatic N) is 6. The minimum Gasteiger partial charge on any atom is -0.205 e. The number of hydrogen-bond acceptors (Lipinski definition) is 4. The molecule has 3 aromatic rings. The Kier molecular flexibility index (Phi) is 1.96. The van der Waals surface area contributed by atoms with Crippen LogP contribution >= 0.6 is 0 Å². The molecule has 78 valence electrons. The van der Waals surface area contributed by atoms with Gasteiger partial charge in [0.25, 0.3) is 5.95 Å². The van der Waals surface area contributed by atoms with Gasteiger partial charge in [-0.15, -0.1) is 0 Å². The highest BCUT2D eigenvalue weighted by Crippen LogP contribution is 2.09. The van der Waals surface area contributed by atoms with Crippen LogP contribution in [0.25, 0.3) is 11.6 Å². The van der Waals surface area contributed by atoms with Crippen molar-refractivity contribution in [2.45, 2.75) is 0 Å². The van der Waals surface area contributed by atoms with E-state index in [1.165, 1.54) is 0 Å². The van der Waals surface area contributed by atoms with Crippen LogP contribution in [0, 0.1) is 0 Å². The van der Waals surface area contributed by atoms with Gasteiger partial charge in [-0.2, -0.15) is 9.78 Å². The molecule has 0 saturated carbocycles. The Morgan fingerprint density at radius 2 is 1.88 bits per heavy atom. The second-order valence-corrected chi connectivity index (χ2v) is 3.18. The third kappa shape index (κ3) is 1.36. The van der Waals surface area contributed by atoms with Crippen LogP contribution < -0.4 is 0 Å². The molecule has 0 amide bonds. The summed E-state index contributed by atoms with van der Waals surface area (Å²) in [7, 11) is 0. The summed E-state index contributed by atoms with van der Waals surface area (Å²) in [6.45, 7) is 0. The fraction of sp³-hybridized carbons (Fsp3) is 0. The maximum atomic E-state index is 4.10. The SMILES string of the molecule is c1ccc(-n2nnnc2-n2cccn2)cc1. The molecule has 3 rings (SSSR count). The smallest absolute Gasteiger partial charge is 0.205 e. The first kappa shape index (κ1) is 8.78. The fourth-order valence-electron chi connectivity index (χ4n) is 1.45. The first-order chi connectivity index (χ1) is 7.95. The van der Waals surface area contributed by atoms with Crippen molar-refractivity contribution in [2.75, 3.05) is 0 Å². The standard InChI is InChI=1S/C10H8N6/c1-2-5-9(6-3-1)16-10(12-13-14-16)15-8-4-7-11-15/h1-8H. The van der Waals surface area contributed by atoms with Crippen molar-refractivity contribution in [2.24, 2.45) is 0 Å². The van der Waals surface area contributed by atoms with Crippen LogP contribution in [0.4, 0.5) is 0 Å². The first-order valence-electron chi connectivity index (χ1n) is 4.79. The van der Waals surface area contributed by atoms with Gasteiger partial charge in [0.2, 0.25) is 0 Å². The Bertz CT molecular complexity index is 568. The highest BCUT2D eigenvalue weighted by molar-refractivity contribution is 5.33. The van der Waals surface area contributed by atoms with Crippen LogP contribution in [0.5, 0.6) is 0 Å². The Labute approximate surface area is 91.1 Å². The van der Waals surface area contributed by atoms with Gasteiger partial charge in [0, 0.05) is 12.4 Å². The van der Waals surface area contributed by atoms with E-state index in [-0.39, 0.29) is 0 Å². The van der Waals surface area contributed by atoms with E-state index in [2.05, 4.69) is 20.6 Å². The monoisotopic (exact) mass is 212 g/mol. The molecule has 0 aliphatic carbocycles. The van der Waals surface area contributed by atoms with Crippen molar-refractivity contribution in [3.8, 4) is 11.6 Å². The Balaban J connectivity index is 2.14. The normalized spacial score (nSPS) is 10.5. The van der Waals surface area contributed by atoms with Gasteiger partial charge in [0.05, 0.1) is 5.69 Å². The molecule has 0 aliphatic heterocycles. The van der Waals surface area contributed by atoms with Crippen molar-refractivity contribution >= 4 is 0 Å². The van der Waals surface area contributed by atoms with E-state index in [1.807, 2.05) is 36.4 Å². The van der Waals surface area contributed by atoms with Crippen molar-refractivity contribution in [3.63, 3.8) is 0 Å².